The van der Waals surface area contributed by atoms with Crippen molar-refractivity contribution in [2.75, 3.05) is 6.67 Å². The van der Waals surface area contributed by atoms with Gasteiger partial charge in [-0.15, -0.1) is 12.4 Å². The quantitative estimate of drug-likeness (QED) is 0.706. The lowest BCUT2D eigenvalue weighted by molar-refractivity contribution is -0.125. The lowest BCUT2D eigenvalue weighted by atomic mass is 10.2. The van der Waals surface area contributed by atoms with E-state index in [1.807, 2.05) is 0 Å². The third-order valence-electron chi connectivity index (χ3n) is 0.974. The topological polar surface area (TPSA) is 43.1 Å². The molecule has 0 rings (SSSR count). The molecule has 0 saturated heterocycles. The van der Waals surface area contributed by atoms with Crippen molar-refractivity contribution in [3.8, 4) is 0 Å². The van der Waals surface area contributed by atoms with Crippen molar-refractivity contribution in [2.24, 2.45) is 5.73 Å². The van der Waals surface area contributed by atoms with E-state index in [1.165, 1.54) is 0 Å². The summed E-state index contributed by atoms with van der Waals surface area (Å²) in [7, 11) is 0. The van der Waals surface area contributed by atoms with Gasteiger partial charge in [-0.05, 0) is 0 Å². The fourth-order valence-corrected chi connectivity index (χ4v) is 0.429. The number of rotatable bonds is 4. The highest BCUT2D eigenvalue weighted by Gasteiger charge is 2.25. The van der Waals surface area contributed by atoms with Crippen LogP contribution >= 0.6 is 12.4 Å². The molecule has 2 N–H and O–H groups in total. The van der Waals surface area contributed by atoms with Crippen LogP contribution in [0.3, 0.4) is 0 Å². The van der Waals surface area contributed by atoms with Crippen LogP contribution in [0, 0.1) is 0 Å². The second-order valence-corrected chi connectivity index (χ2v) is 1.80. The van der Waals surface area contributed by atoms with Crippen molar-refractivity contribution < 1.29 is 18.0 Å². The number of carbonyl (C=O) groups is 1. The number of hydrogen-bond donors (Lipinski definition) is 1. The van der Waals surface area contributed by atoms with Crippen LogP contribution in [0.5, 0.6) is 0 Å². The molecule has 0 heterocycles. The van der Waals surface area contributed by atoms with Gasteiger partial charge in [0.1, 0.15) is 6.17 Å². The van der Waals surface area contributed by atoms with E-state index >= 15 is 0 Å². The predicted octanol–water partition coefficient (Wildman–Crippen LogP) is 0.929. The minimum absolute atomic E-state index is 0. The van der Waals surface area contributed by atoms with E-state index < -0.39 is 31.3 Å². The second-order valence-electron chi connectivity index (χ2n) is 1.80. The van der Waals surface area contributed by atoms with E-state index in [0.717, 1.165) is 0 Å². The van der Waals surface area contributed by atoms with Crippen LogP contribution in [0.15, 0.2) is 0 Å². The van der Waals surface area contributed by atoms with Crippen LogP contribution in [0.4, 0.5) is 13.2 Å². The summed E-state index contributed by atoms with van der Waals surface area (Å²) >= 11 is 0. The van der Waals surface area contributed by atoms with Crippen LogP contribution in [0.2, 0.25) is 0 Å². The van der Waals surface area contributed by atoms with Crippen molar-refractivity contribution in [1.82, 2.24) is 0 Å². The third-order valence-corrected chi connectivity index (χ3v) is 0.974. The summed E-state index contributed by atoms with van der Waals surface area (Å²) in [5.41, 5.74) is 4.39. The molecule has 0 radical (unpaired) electrons. The van der Waals surface area contributed by atoms with Crippen LogP contribution in [0.1, 0.15) is 6.42 Å². The zero-order chi connectivity index (χ0) is 8.15. The van der Waals surface area contributed by atoms with Crippen molar-refractivity contribution in [3.63, 3.8) is 0 Å². The highest BCUT2D eigenvalue weighted by atomic mass is 35.5. The molecule has 0 aromatic carbocycles. The van der Waals surface area contributed by atoms with Gasteiger partial charge in [-0.25, -0.2) is 8.78 Å². The summed E-state index contributed by atoms with van der Waals surface area (Å²) < 4.78 is 35.5. The Morgan fingerprint density at radius 2 is 1.91 bits per heavy atom. The first-order valence-corrected chi connectivity index (χ1v) is 2.73. The smallest absolute Gasteiger partial charge is 0.255 e. The second kappa shape index (κ2) is 6.27. The van der Waals surface area contributed by atoms with Crippen LogP contribution in [0.25, 0.3) is 0 Å². The standard InChI is InChI=1S/C5H8F3NO.ClH/c6-2-1-3(7)4(8)5(9)10;/h3-4H,1-2H2,(H2,9,10);1H. The minimum Gasteiger partial charge on any atom is -0.367 e. The number of hydrogen-bond acceptors (Lipinski definition) is 1. The van der Waals surface area contributed by atoms with Gasteiger partial charge >= 0.3 is 0 Å². The van der Waals surface area contributed by atoms with Gasteiger partial charge in [0.2, 0.25) is 6.17 Å². The van der Waals surface area contributed by atoms with E-state index in [-0.39, 0.29) is 12.4 Å². The summed E-state index contributed by atoms with van der Waals surface area (Å²) in [5, 5.41) is 0. The molecular weight excluding hydrogens is 183 g/mol. The molecular formula is C5H9ClF3NO. The molecule has 2 atom stereocenters. The van der Waals surface area contributed by atoms with Crippen LogP contribution < -0.4 is 5.73 Å². The predicted molar refractivity (Wildman–Crippen MR) is 36.8 cm³/mol. The van der Waals surface area contributed by atoms with Gasteiger partial charge < -0.3 is 5.73 Å². The van der Waals surface area contributed by atoms with Gasteiger partial charge in [-0.2, -0.15) is 0 Å². The van der Waals surface area contributed by atoms with Crippen molar-refractivity contribution >= 4 is 18.3 Å². The highest BCUT2D eigenvalue weighted by Crippen LogP contribution is 2.07. The molecule has 0 spiro atoms. The molecule has 2 nitrogen and oxygen atoms in total. The maximum Gasteiger partial charge on any atom is 0.255 e. The first-order chi connectivity index (χ1) is 4.59. The minimum atomic E-state index is -2.38. The zero-order valence-electron chi connectivity index (χ0n) is 5.60. The first-order valence-electron chi connectivity index (χ1n) is 2.73. The maximum absolute atomic E-state index is 12.1. The van der Waals surface area contributed by atoms with E-state index in [1.54, 1.807) is 0 Å². The van der Waals surface area contributed by atoms with Gasteiger partial charge in [0.25, 0.3) is 5.91 Å². The Hall–Kier alpha value is -0.450. The average molecular weight is 192 g/mol. The number of halogens is 4. The van der Waals surface area contributed by atoms with Crippen molar-refractivity contribution in [2.45, 2.75) is 18.8 Å². The Balaban J connectivity index is 0. The molecule has 0 bridgehead atoms. The molecule has 6 heteroatoms. The molecule has 11 heavy (non-hydrogen) atoms. The van der Waals surface area contributed by atoms with Gasteiger partial charge in [-0.3, -0.25) is 9.18 Å². The van der Waals surface area contributed by atoms with Crippen LogP contribution in [-0.4, -0.2) is 24.9 Å². The summed E-state index contributed by atoms with van der Waals surface area (Å²) in [6.07, 6.45) is -5.11. The largest absolute Gasteiger partial charge is 0.367 e. The normalized spacial score (nSPS) is 14.8. The molecule has 68 valence electrons. The van der Waals surface area contributed by atoms with E-state index in [9.17, 15) is 18.0 Å². The molecule has 1 amide bonds. The lowest BCUT2D eigenvalue weighted by Crippen LogP contribution is -2.33. The fraction of sp³-hybridized carbons (Fsp3) is 0.800. The van der Waals surface area contributed by atoms with Crippen molar-refractivity contribution in [3.05, 3.63) is 0 Å². The van der Waals surface area contributed by atoms with Gasteiger partial charge in [0.15, 0.2) is 0 Å². The SMILES string of the molecule is Cl.NC(=O)C(F)C(F)CCF. The zero-order valence-corrected chi connectivity index (χ0v) is 6.41. The first kappa shape index (κ1) is 13.2. The molecule has 0 aliphatic heterocycles. The molecule has 0 saturated carbocycles. The highest BCUT2D eigenvalue weighted by molar-refractivity contribution is 5.85. The molecule has 0 aliphatic rings. The number of primary amides is 1. The maximum atomic E-state index is 12.1. The third kappa shape index (κ3) is 4.89. The summed E-state index contributed by atoms with van der Waals surface area (Å²) in [6, 6.07) is 0. The van der Waals surface area contributed by atoms with E-state index in [0.29, 0.717) is 0 Å². The van der Waals surface area contributed by atoms with Gasteiger partial charge in [0, 0.05) is 6.42 Å². The Morgan fingerprint density at radius 1 is 1.45 bits per heavy atom. The Bertz CT molecular complexity index is 124. The Morgan fingerprint density at radius 3 is 2.18 bits per heavy atom. The molecule has 0 aromatic rings. The number of carbonyl (C=O) groups excluding carboxylic acids is 1. The number of alkyl halides is 3. The lowest BCUT2D eigenvalue weighted by Gasteiger charge is -2.06. The summed E-state index contributed by atoms with van der Waals surface area (Å²) in [4.78, 5) is 9.90. The van der Waals surface area contributed by atoms with Gasteiger partial charge in [0.05, 0.1) is 6.67 Å². The van der Waals surface area contributed by atoms with Gasteiger partial charge in [-0.1, -0.05) is 0 Å². The number of nitrogens with two attached hydrogens (primary N) is 1. The number of amides is 1. The monoisotopic (exact) mass is 191 g/mol. The molecule has 0 aromatic heterocycles. The average Bonchev–Trinajstić information content (AvgIpc) is 1.87. The van der Waals surface area contributed by atoms with E-state index in [4.69, 9.17) is 0 Å². The molecule has 0 aliphatic carbocycles. The Kier molecular flexibility index (Phi) is 7.51. The summed E-state index contributed by atoms with van der Waals surface area (Å²) in [6.45, 7) is -0.991. The summed E-state index contributed by atoms with van der Waals surface area (Å²) in [5.74, 6) is -1.39. The van der Waals surface area contributed by atoms with Crippen LogP contribution in [-0.2, 0) is 4.79 Å². The molecule has 0 fully saturated rings. The molecule has 2 unspecified atom stereocenters. The fourth-order valence-electron chi connectivity index (χ4n) is 0.429. The Labute approximate surface area is 68.4 Å². The van der Waals surface area contributed by atoms with Crippen molar-refractivity contribution in [1.29, 1.82) is 0 Å². The van der Waals surface area contributed by atoms with E-state index in [2.05, 4.69) is 5.73 Å².